The van der Waals surface area contributed by atoms with Crippen molar-refractivity contribution >= 4 is 28.9 Å². The van der Waals surface area contributed by atoms with Gasteiger partial charge in [-0.15, -0.1) is 0 Å². The maximum absolute atomic E-state index is 11.0. The topological polar surface area (TPSA) is 52.4 Å². The van der Waals surface area contributed by atoms with E-state index in [0.717, 1.165) is 5.56 Å². The summed E-state index contributed by atoms with van der Waals surface area (Å²) in [6, 6.07) is 9.66. The largest absolute Gasteiger partial charge is 0.448 e. The summed E-state index contributed by atoms with van der Waals surface area (Å²) in [5.41, 5.74) is 0.693. The molecule has 6 heteroatoms. The fraction of sp³-hybridized carbons (Fsp3) is 0.0769. The van der Waals surface area contributed by atoms with E-state index in [2.05, 4.69) is 0 Å². The standard InChI is InChI=1S/C13H9Cl2NO3/c1-8-5-6-11(10(15)7-8)19-12-4-2-3-9(14)13(12)16(17)18/h2-7H,1H3. The summed E-state index contributed by atoms with van der Waals surface area (Å²) < 4.78 is 5.48. The minimum Gasteiger partial charge on any atom is -0.448 e. The number of nitro benzene ring substituents is 1. The Hall–Kier alpha value is -1.78. The summed E-state index contributed by atoms with van der Waals surface area (Å²) in [6.07, 6.45) is 0. The molecule has 0 spiro atoms. The first-order valence-corrected chi connectivity index (χ1v) is 6.11. The zero-order valence-corrected chi connectivity index (χ0v) is 11.4. The van der Waals surface area contributed by atoms with E-state index in [1.54, 1.807) is 24.3 Å². The van der Waals surface area contributed by atoms with E-state index in [1.165, 1.54) is 12.1 Å². The first-order chi connectivity index (χ1) is 8.99. The molecule has 0 unspecified atom stereocenters. The molecule has 0 aliphatic carbocycles. The van der Waals surface area contributed by atoms with Crippen LogP contribution >= 0.6 is 23.2 Å². The first kappa shape index (κ1) is 13.6. The molecule has 0 fully saturated rings. The lowest BCUT2D eigenvalue weighted by molar-refractivity contribution is -0.385. The number of hydrogen-bond donors (Lipinski definition) is 0. The van der Waals surface area contributed by atoms with Gasteiger partial charge in [0, 0.05) is 0 Å². The Morgan fingerprint density at radius 3 is 2.47 bits per heavy atom. The van der Waals surface area contributed by atoms with Crippen LogP contribution < -0.4 is 4.74 Å². The Kier molecular flexibility index (Phi) is 3.93. The molecule has 0 radical (unpaired) electrons. The van der Waals surface area contributed by atoms with E-state index >= 15 is 0 Å². The van der Waals surface area contributed by atoms with Crippen LogP contribution in [0.1, 0.15) is 5.56 Å². The van der Waals surface area contributed by atoms with Crippen molar-refractivity contribution in [1.29, 1.82) is 0 Å². The molecule has 2 rings (SSSR count). The smallest absolute Gasteiger partial charge is 0.329 e. The SMILES string of the molecule is Cc1ccc(Oc2cccc(Cl)c2[N+](=O)[O-])c(Cl)c1. The Morgan fingerprint density at radius 2 is 1.84 bits per heavy atom. The zero-order valence-electron chi connectivity index (χ0n) is 9.89. The van der Waals surface area contributed by atoms with E-state index in [1.807, 2.05) is 6.92 Å². The quantitative estimate of drug-likeness (QED) is 0.591. The van der Waals surface area contributed by atoms with Crippen molar-refractivity contribution in [2.45, 2.75) is 6.92 Å². The molecule has 0 N–H and O–H groups in total. The van der Waals surface area contributed by atoms with E-state index in [-0.39, 0.29) is 16.5 Å². The summed E-state index contributed by atoms with van der Waals surface area (Å²) in [5.74, 6) is 0.404. The van der Waals surface area contributed by atoms with Gasteiger partial charge in [-0.1, -0.05) is 35.3 Å². The van der Waals surface area contributed by atoms with Gasteiger partial charge in [0.25, 0.3) is 0 Å². The average molecular weight is 298 g/mol. The van der Waals surface area contributed by atoms with Gasteiger partial charge in [0.05, 0.1) is 9.95 Å². The van der Waals surface area contributed by atoms with Crippen molar-refractivity contribution in [1.82, 2.24) is 0 Å². The Labute approximate surface area is 119 Å². The van der Waals surface area contributed by atoms with E-state index < -0.39 is 4.92 Å². The highest BCUT2D eigenvalue weighted by Gasteiger charge is 2.20. The molecule has 19 heavy (non-hydrogen) atoms. The highest BCUT2D eigenvalue weighted by Crippen LogP contribution is 2.38. The molecular weight excluding hydrogens is 289 g/mol. The molecule has 4 nitrogen and oxygen atoms in total. The van der Waals surface area contributed by atoms with Crippen LogP contribution in [0.5, 0.6) is 11.5 Å². The zero-order chi connectivity index (χ0) is 14.0. The van der Waals surface area contributed by atoms with Crippen molar-refractivity contribution in [3.8, 4) is 11.5 Å². The Bertz CT molecular complexity index is 644. The van der Waals surface area contributed by atoms with Crippen LogP contribution in [0.2, 0.25) is 10.0 Å². The van der Waals surface area contributed by atoms with Crippen LogP contribution in [0.15, 0.2) is 36.4 Å². The molecule has 0 amide bonds. The minimum absolute atomic E-state index is 0.0192. The van der Waals surface area contributed by atoms with Gasteiger partial charge in [-0.25, -0.2) is 0 Å². The van der Waals surface area contributed by atoms with Gasteiger partial charge < -0.3 is 4.74 Å². The average Bonchev–Trinajstić information content (AvgIpc) is 2.32. The van der Waals surface area contributed by atoms with Crippen LogP contribution in [0.4, 0.5) is 5.69 Å². The van der Waals surface area contributed by atoms with Crippen LogP contribution in [0.3, 0.4) is 0 Å². The van der Waals surface area contributed by atoms with Crippen molar-refractivity contribution in [3.05, 3.63) is 62.1 Å². The molecule has 0 saturated heterocycles. The predicted molar refractivity (Wildman–Crippen MR) is 74.4 cm³/mol. The van der Waals surface area contributed by atoms with Gasteiger partial charge in [0.1, 0.15) is 10.8 Å². The number of benzene rings is 2. The van der Waals surface area contributed by atoms with E-state index in [0.29, 0.717) is 10.8 Å². The second-order valence-electron chi connectivity index (χ2n) is 3.88. The van der Waals surface area contributed by atoms with Crippen LogP contribution in [0.25, 0.3) is 0 Å². The third kappa shape index (κ3) is 2.97. The van der Waals surface area contributed by atoms with Crippen LogP contribution in [-0.2, 0) is 0 Å². The summed E-state index contributed by atoms with van der Waals surface area (Å²) in [7, 11) is 0. The van der Waals surface area contributed by atoms with Gasteiger partial charge in [-0.2, -0.15) is 0 Å². The summed E-state index contributed by atoms with van der Waals surface area (Å²) in [4.78, 5) is 10.4. The van der Waals surface area contributed by atoms with Gasteiger partial charge in [0.15, 0.2) is 0 Å². The van der Waals surface area contributed by atoms with Crippen molar-refractivity contribution in [2.24, 2.45) is 0 Å². The summed E-state index contributed by atoms with van der Waals surface area (Å²) >= 11 is 11.8. The van der Waals surface area contributed by atoms with Crippen LogP contribution in [-0.4, -0.2) is 4.92 Å². The molecule has 2 aromatic rings. The van der Waals surface area contributed by atoms with E-state index in [4.69, 9.17) is 27.9 Å². The highest BCUT2D eigenvalue weighted by molar-refractivity contribution is 6.33. The summed E-state index contributed by atoms with van der Waals surface area (Å²) in [6.45, 7) is 1.89. The molecule has 0 bridgehead atoms. The molecule has 98 valence electrons. The lowest BCUT2D eigenvalue weighted by Crippen LogP contribution is -1.94. The number of nitro groups is 1. The number of nitrogens with zero attached hydrogens (tertiary/aromatic N) is 1. The highest BCUT2D eigenvalue weighted by atomic mass is 35.5. The lowest BCUT2D eigenvalue weighted by atomic mass is 10.2. The normalized spacial score (nSPS) is 10.3. The number of hydrogen-bond acceptors (Lipinski definition) is 3. The van der Waals surface area contributed by atoms with Crippen molar-refractivity contribution < 1.29 is 9.66 Å². The number of halogens is 2. The van der Waals surface area contributed by atoms with Gasteiger partial charge in [-0.3, -0.25) is 10.1 Å². The summed E-state index contributed by atoms with van der Waals surface area (Å²) in [5, 5.41) is 11.4. The van der Waals surface area contributed by atoms with Crippen molar-refractivity contribution in [2.75, 3.05) is 0 Å². The fourth-order valence-corrected chi connectivity index (χ4v) is 2.07. The first-order valence-electron chi connectivity index (χ1n) is 5.36. The molecule has 0 heterocycles. The number of para-hydroxylation sites is 1. The third-order valence-corrected chi connectivity index (χ3v) is 3.04. The van der Waals surface area contributed by atoms with Crippen LogP contribution in [0, 0.1) is 17.0 Å². The predicted octanol–water partition coefficient (Wildman–Crippen LogP) is 5.00. The molecule has 0 atom stereocenters. The van der Waals surface area contributed by atoms with Gasteiger partial charge in [0.2, 0.25) is 5.75 Å². The Morgan fingerprint density at radius 1 is 1.11 bits per heavy atom. The monoisotopic (exact) mass is 297 g/mol. The van der Waals surface area contributed by atoms with Crippen molar-refractivity contribution in [3.63, 3.8) is 0 Å². The molecule has 0 aliphatic heterocycles. The lowest BCUT2D eigenvalue weighted by Gasteiger charge is -2.09. The number of ether oxygens (including phenoxy) is 1. The molecule has 0 aromatic heterocycles. The molecule has 0 aliphatic rings. The number of aryl methyl sites for hydroxylation is 1. The van der Waals surface area contributed by atoms with Gasteiger partial charge >= 0.3 is 5.69 Å². The third-order valence-electron chi connectivity index (χ3n) is 2.44. The van der Waals surface area contributed by atoms with E-state index in [9.17, 15) is 10.1 Å². The van der Waals surface area contributed by atoms with Gasteiger partial charge in [-0.05, 0) is 36.8 Å². The Balaban J connectivity index is 2.44. The second-order valence-corrected chi connectivity index (χ2v) is 4.69. The molecule has 2 aromatic carbocycles. The minimum atomic E-state index is -0.584. The maximum atomic E-state index is 11.0. The molecule has 0 saturated carbocycles. The maximum Gasteiger partial charge on any atom is 0.329 e. The molecular formula is C13H9Cl2NO3. The number of rotatable bonds is 3. The second kappa shape index (κ2) is 5.47. The fourth-order valence-electron chi connectivity index (χ4n) is 1.56.